The van der Waals surface area contributed by atoms with Crippen LogP contribution in [0.2, 0.25) is 0 Å². The summed E-state index contributed by atoms with van der Waals surface area (Å²) >= 11 is 0. The van der Waals surface area contributed by atoms with Crippen molar-refractivity contribution in [1.82, 2.24) is 14.7 Å². The predicted octanol–water partition coefficient (Wildman–Crippen LogP) is 4.29. The van der Waals surface area contributed by atoms with Gasteiger partial charge in [0.15, 0.2) is 0 Å². The van der Waals surface area contributed by atoms with E-state index >= 15 is 0 Å². The van der Waals surface area contributed by atoms with Gasteiger partial charge in [0.1, 0.15) is 30.3 Å². The second-order valence-corrected chi connectivity index (χ2v) is 9.27. The average molecular weight is 450 g/mol. The Kier molecular flexibility index (Phi) is 7.36. The van der Waals surface area contributed by atoms with Gasteiger partial charge in [0.05, 0.1) is 12.2 Å². The molecule has 0 atom stereocenters. The van der Waals surface area contributed by atoms with Crippen LogP contribution in [0.1, 0.15) is 35.2 Å². The second-order valence-electron chi connectivity index (χ2n) is 9.27. The monoisotopic (exact) mass is 449 g/mol. The summed E-state index contributed by atoms with van der Waals surface area (Å²) in [5.74, 6) is 1.73. The van der Waals surface area contributed by atoms with E-state index < -0.39 is 5.60 Å². The van der Waals surface area contributed by atoms with Crippen LogP contribution in [0, 0.1) is 20.8 Å². The van der Waals surface area contributed by atoms with Crippen molar-refractivity contribution in [2.75, 3.05) is 26.3 Å². The van der Waals surface area contributed by atoms with Crippen LogP contribution in [0.5, 0.6) is 11.5 Å². The van der Waals surface area contributed by atoms with Crippen molar-refractivity contribution in [1.29, 1.82) is 0 Å². The molecule has 6 heteroatoms. The second kappa shape index (κ2) is 10.4. The minimum Gasteiger partial charge on any atom is -0.492 e. The first-order valence-corrected chi connectivity index (χ1v) is 11.8. The van der Waals surface area contributed by atoms with Crippen molar-refractivity contribution in [3.63, 3.8) is 0 Å². The topological polar surface area (TPSA) is 59.8 Å². The summed E-state index contributed by atoms with van der Waals surface area (Å²) < 4.78 is 13.7. The number of aryl methyl sites for hydroxylation is 3. The first-order valence-electron chi connectivity index (χ1n) is 11.8. The van der Waals surface area contributed by atoms with Crippen LogP contribution in [0.15, 0.2) is 54.7 Å². The van der Waals surface area contributed by atoms with Crippen LogP contribution in [0.4, 0.5) is 0 Å². The number of hydrogen-bond donors (Lipinski definition) is 1. The fourth-order valence-corrected chi connectivity index (χ4v) is 4.24. The first-order chi connectivity index (χ1) is 15.9. The smallest absolute Gasteiger partial charge is 0.122 e. The molecule has 2 heterocycles. The molecule has 1 aliphatic rings. The van der Waals surface area contributed by atoms with Gasteiger partial charge in [-0.3, -0.25) is 9.58 Å². The van der Waals surface area contributed by atoms with Crippen LogP contribution >= 0.6 is 0 Å². The van der Waals surface area contributed by atoms with E-state index in [4.69, 9.17) is 9.47 Å². The molecule has 176 valence electrons. The van der Waals surface area contributed by atoms with Crippen molar-refractivity contribution in [3.8, 4) is 11.5 Å². The highest BCUT2D eigenvalue weighted by molar-refractivity contribution is 5.35. The minimum absolute atomic E-state index is 0.342. The lowest BCUT2D eigenvalue weighted by molar-refractivity contribution is -0.0538. The molecule has 1 saturated heterocycles. The van der Waals surface area contributed by atoms with Gasteiger partial charge in [0.2, 0.25) is 0 Å². The molecule has 0 saturated carbocycles. The highest BCUT2D eigenvalue weighted by atomic mass is 16.5. The number of nitrogens with zero attached hydrogens (tertiary/aromatic N) is 3. The van der Waals surface area contributed by atoms with E-state index in [-0.39, 0.29) is 0 Å². The minimum atomic E-state index is -0.765. The molecule has 4 rings (SSSR count). The maximum absolute atomic E-state index is 11.0. The number of likely N-dealkylation sites (tertiary alicyclic amines) is 1. The van der Waals surface area contributed by atoms with Crippen LogP contribution in [0.3, 0.4) is 0 Å². The van der Waals surface area contributed by atoms with E-state index in [1.165, 1.54) is 11.1 Å². The molecule has 1 N–H and O–H groups in total. The number of piperidine rings is 1. The van der Waals surface area contributed by atoms with Crippen LogP contribution in [0.25, 0.3) is 0 Å². The highest BCUT2D eigenvalue weighted by Crippen LogP contribution is 2.26. The molecule has 6 nitrogen and oxygen atoms in total. The van der Waals surface area contributed by atoms with E-state index in [1.54, 1.807) is 0 Å². The Morgan fingerprint density at radius 3 is 2.39 bits per heavy atom. The lowest BCUT2D eigenvalue weighted by Gasteiger charge is -2.38. The van der Waals surface area contributed by atoms with Crippen molar-refractivity contribution in [2.45, 2.75) is 52.3 Å². The Morgan fingerprint density at radius 1 is 0.970 bits per heavy atom. The number of benzene rings is 2. The Hall–Kier alpha value is -2.83. The normalized spacial score (nSPS) is 16.0. The molecular weight excluding hydrogens is 414 g/mol. The fraction of sp³-hybridized carbons (Fsp3) is 0.444. The van der Waals surface area contributed by atoms with Gasteiger partial charge in [-0.25, -0.2) is 0 Å². The molecule has 1 aromatic heterocycles. The zero-order valence-corrected chi connectivity index (χ0v) is 20.0. The third-order valence-electron chi connectivity index (χ3n) is 6.31. The molecule has 0 bridgehead atoms. The molecule has 3 aromatic rings. The summed E-state index contributed by atoms with van der Waals surface area (Å²) in [5, 5.41) is 15.4. The van der Waals surface area contributed by atoms with E-state index in [9.17, 15) is 5.11 Å². The zero-order valence-electron chi connectivity index (χ0n) is 20.0. The van der Waals surface area contributed by atoms with Crippen LogP contribution in [-0.2, 0) is 13.1 Å². The third-order valence-corrected chi connectivity index (χ3v) is 6.31. The van der Waals surface area contributed by atoms with Gasteiger partial charge in [0, 0.05) is 25.8 Å². The van der Waals surface area contributed by atoms with Crippen molar-refractivity contribution >= 4 is 0 Å². The molecular formula is C27H35N3O3. The standard InChI is InChI=1S/C27H35N3O3/c1-21-4-9-26(22(2)18-21)33-20-27(31)11-14-29(15-12-27)19-24-5-7-25(8-6-24)32-17-16-30-13-10-23(3)28-30/h4-10,13,18,31H,11-12,14-17,19-20H2,1-3H3. The largest absolute Gasteiger partial charge is 0.492 e. The molecule has 0 spiro atoms. The number of hydrogen-bond acceptors (Lipinski definition) is 5. The Labute approximate surface area is 196 Å². The SMILES string of the molecule is Cc1ccc(OCC2(O)CCN(Cc3ccc(OCCn4ccc(C)n4)cc3)CC2)c(C)c1. The van der Waals surface area contributed by atoms with Gasteiger partial charge >= 0.3 is 0 Å². The maximum Gasteiger partial charge on any atom is 0.122 e. The summed E-state index contributed by atoms with van der Waals surface area (Å²) in [6.45, 7) is 10.4. The van der Waals surface area contributed by atoms with Gasteiger partial charge in [-0.05, 0) is 69.0 Å². The molecule has 33 heavy (non-hydrogen) atoms. The van der Waals surface area contributed by atoms with E-state index in [0.717, 1.165) is 48.9 Å². The van der Waals surface area contributed by atoms with Gasteiger partial charge in [-0.15, -0.1) is 0 Å². The first kappa shape index (κ1) is 23.3. The molecule has 0 amide bonds. The molecule has 0 radical (unpaired) electrons. The summed E-state index contributed by atoms with van der Waals surface area (Å²) in [6.07, 6.45) is 3.40. The molecule has 2 aromatic carbocycles. The van der Waals surface area contributed by atoms with Crippen molar-refractivity contribution < 1.29 is 14.6 Å². The summed E-state index contributed by atoms with van der Waals surface area (Å²) in [4.78, 5) is 2.39. The quantitative estimate of drug-likeness (QED) is 0.528. The number of rotatable bonds is 9. The Morgan fingerprint density at radius 2 is 1.73 bits per heavy atom. The fourth-order valence-electron chi connectivity index (χ4n) is 4.24. The average Bonchev–Trinajstić information content (AvgIpc) is 3.21. The van der Waals surface area contributed by atoms with E-state index in [1.807, 2.05) is 55.1 Å². The highest BCUT2D eigenvalue weighted by Gasteiger charge is 2.33. The molecule has 1 fully saturated rings. The van der Waals surface area contributed by atoms with Gasteiger partial charge in [0.25, 0.3) is 0 Å². The lowest BCUT2D eigenvalue weighted by Crippen LogP contribution is -2.47. The molecule has 0 aliphatic carbocycles. The lowest BCUT2D eigenvalue weighted by atomic mass is 9.92. The number of ether oxygens (including phenoxy) is 2. The number of aromatic nitrogens is 2. The van der Waals surface area contributed by atoms with Gasteiger partial charge in [-0.1, -0.05) is 29.8 Å². The molecule has 1 aliphatic heterocycles. The number of aliphatic hydroxyl groups is 1. The maximum atomic E-state index is 11.0. The molecule has 0 unspecified atom stereocenters. The van der Waals surface area contributed by atoms with Crippen molar-refractivity contribution in [2.24, 2.45) is 0 Å². The van der Waals surface area contributed by atoms with Crippen LogP contribution < -0.4 is 9.47 Å². The summed E-state index contributed by atoms with van der Waals surface area (Å²) in [5.41, 5.74) is 3.83. The Bertz CT molecular complexity index is 1040. The van der Waals surface area contributed by atoms with Gasteiger partial charge in [-0.2, -0.15) is 5.10 Å². The summed E-state index contributed by atoms with van der Waals surface area (Å²) in [7, 11) is 0. The van der Waals surface area contributed by atoms with Gasteiger partial charge < -0.3 is 14.6 Å². The summed E-state index contributed by atoms with van der Waals surface area (Å²) in [6, 6.07) is 16.5. The van der Waals surface area contributed by atoms with Crippen LogP contribution in [-0.4, -0.2) is 51.7 Å². The zero-order chi connectivity index (χ0) is 23.3. The van der Waals surface area contributed by atoms with Crippen molar-refractivity contribution in [3.05, 3.63) is 77.1 Å². The third kappa shape index (κ3) is 6.59. The Balaban J connectivity index is 1.19. The predicted molar refractivity (Wildman–Crippen MR) is 130 cm³/mol. The van der Waals surface area contributed by atoms with E-state index in [2.05, 4.69) is 35.1 Å². The van der Waals surface area contributed by atoms with E-state index in [0.29, 0.717) is 26.1 Å².